The minimum absolute atomic E-state index is 0.150. The molecule has 0 unspecified atom stereocenters. The standard InChI is InChI=1S/C10H15NO3S2/c1-8(12)9-3-4-10(11-7-9)15-5-6-16(2,13)14/h3-4,7-8,12H,5-6H2,1-2H3/t8-/m1/s1. The lowest BCUT2D eigenvalue weighted by molar-refractivity contribution is 0.198. The maximum Gasteiger partial charge on any atom is 0.148 e. The SMILES string of the molecule is C[C@@H](O)c1ccc(SCCS(C)(=O)=O)nc1. The number of aromatic nitrogens is 1. The molecule has 1 atom stereocenters. The maximum atomic E-state index is 10.9. The summed E-state index contributed by atoms with van der Waals surface area (Å²) in [5.74, 6) is 0.650. The van der Waals surface area contributed by atoms with E-state index in [2.05, 4.69) is 4.98 Å². The third-order valence-corrected chi connectivity index (χ3v) is 4.10. The van der Waals surface area contributed by atoms with Gasteiger partial charge in [-0.15, -0.1) is 11.8 Å². The molecule has 1 rings (SSSR count). The van der Waals surface area contributed by atoms with Crippen molar-refractivity contribution in [2.75, 3.05) is 17.8 Å². The van der Waals surface area contributed by atoms with E-state index in [0.717, 1.165) is 10.6 Å². The fraction of sp³-hybridized carbons (Fsp3) is 0.500. The number of aliphatic hydroxyl groups excluding tert-OH is 1. The second-order valence-corrected chi connectivity index (χ2v) is 6.96. The number of sulfone groups is 1. The number of hydrogen-bond donors (Lipinski definition) is 1. The van der Waals surface area contributed by atoms with Gasteiger partial charge in [0, 0.05) is 18.2 Å². The molecule has 0 amide bonds. The highest BCUT2D eigenvalue weighted by atomic mass is 32.2. The smallest absolute Gasteiger partial charge is 0.148 e. The van der Waals surface area contributed by atoms with Crippen LogP contribution in [0, 0.1) is 0 Å². The van der Waals surface area contributed by atoms with Gasteiger partial charge in [0.25, 0.3) is 0 Å². The summed E-state index contributed by atoms with van der Waals surface area (Å²) in [6, 6.07) is 3.58. The van der Waals surface area contributed by atoms with Gasteiger partial charge in [-0.25, -0.2) is 13.4 Å². The van der Waals surface area contributed by atoms with Gasteiger partial charge in [0.1, 0.15) is 9.84 Å². The average molecular weight is 261 g/mol. The van der Waals surface area contributed by atoms with E-state index in [-0.39, 0.29) is 5.75 Å². The molecule has 0 saturated carbocycles. The molecular formula is C10H15NO3S2. The van der Waals surface area contributed by atoms with Gasteiger partial charge in [-0.3, -0.25) is 0 Å². The number of aliphatic hydroxyl groups is 1. The lowest BCUT2D eigenvalue weighted by Gasteiger charge is -2.04. The molecule has 90 valence electrons. The normalized spacial score (nSPS) is 13.7. The molecule has 0 radical (unpaired) electrons. The third-order valence-electron chi connectivity index (χ3n) is 1.95. The van der Waals surface area contributed by atoms with Crippen LogP contribution in [-0.2, 0) is 9.84 Å². The first-order valence-corrected chi connectivity index (χ1v) is 7.87. The first-order valence-electron chi connectivity index (χ1n) is 4.83. The number of thioether (sulfide) groups is 1. The summed E-state index contributed by atoms with van der Waals surface area (Å²) in [4.78, 5) is 4.13. The molecule has 16 heavy (non-hydrogen) atoms. The minimum Gasteiger partial charge on any atom is -0.389 e. The van der Waals surface area contributed by atoms with Crippen LogP contribution in [0.3, 0.4) is 0 Å². The van der Waals surface area contributed by atoms with Gasteiger partial charge < -0.3 is 5.11 Å². The highest BCUT2D eigenvalue weighted by Crippen LogP contribution is 2.18. The Labute approximate surface area is 100 Å². The van der Waals surface area contributed by atoms with Crippen LogP contribution in [0.2, 0.25) is 0 Å². The van der Waals surface area contributed by atoms with Crippen molar-refractivity contribution in [3.8, 4) is 0 Å². The summed E-state index contributed by atoms with van der Waals surface area (Å²) in [6.45, 7) is 1.67. The number of hydrogen-bond acceptors (Lipinski definition) is 5. The zero-order chi connectivity index (χ0) is 12.2. The van der Waals surface area contributed by atoms with Crippen LogP contribution in [0.4, 0.5) is 0 Å². The summed E-state index contributed by atoms with van der Waals surface area (Å²) in [5, 5.41) is 10.0. The molecule has 1 aromatic rings. The van der Waals surface area contributed by atoms with Crippen LogP contribution in [0.25, 0.3) is 0 Å². The fourth-order valence-corrected chi connectivity index (χ4v) is 3.07. The van der Waals surface area contributed by atoms with Crippen molar-refractivity contribution in [2.24, 2.45) is 0 Å². The lowest BCUT2D eigenvalue weighted by Crippen LogP contribution is -2.05. The number of rotatable bonds is 5. The van der Waals surface area contributed by atoms with E-state index in [1.54, 1.807) is 25.3 Å². The van der Waals surface area contributed by atoms with Gasteiger partial charge in [0.05, 0.1) is 16.9 Å². The van der Waals surface area contributed by atoms with Gasteiger partial charge >= 0.3 is 0 Å². The van der Waals surface area contributed by atoms with Gasteiger partial charge in [0.15, 0.2) is 0 Å². The molecule has 0 aliphatic carbocycles. The molecule has 0 spiro atoms. The lowest BCUT2D eigenvalue weighted by atomic mass is 10.2. The van der Waals surface area contributed by atoms with Crippen LogP contribution < -0.4 is 0 Å². The van der Waals surface area contributed by atoms with Gasteiger partial charge in [-0.1, -0.05) is 6.07 Å². The van der Waals surface area contributed by atoms with Crippen molar-refractivity contribution < 1.29 is 13.5 Å². The summed E-state index contributed by atoms with van der Waals surface area (Å²) in [7, 11) is -2.90. The van der Waals surface area contributed by atoms with E-state index in [1.807, 2.05) is 0 Å². The topological polar surface area (TPSA) is 67.3 Å². The van der Waals surface area contributed by atoms with E-state index in [4.69, 9.17) is 0 Å². The quantitative estimate of drug-likeness (QED) is 0.809. The molecule has 1 aromatic heterocycles. The summed E-state index contributed by atoms with van der Waals surface area (Å²) < 4.78 is 21.8. The van der Waals surface area contributed by atoms with Crippen molar-refractivity contribution in [1.29, 1.82) is 0 Å². The molecule has 0 aromatic carbocycles. The summed E-state index contributed by atoms with van der Waals surface area (Å²) in [5.41, 5.74) is 0.757. The monoisotopic (exact) mass is 261 g/mol. The third kappa shape index (κ3) is 4.96. The largest absolute Gasteiger partial charge is 0.389 e. The highest BCUT2D eigenvalue weighted by Gasteiger charge is 2.04. The Bertz CT molecular complexity index is 426. The van der Waals surface area contributed by atoms with Crippen molar-refractivity contribution in [3.63, 3.8) is 0 Å². The van der Waals surface area contributed by atoms with Crippen LogP contribution in [-0.4, -0.2) is 36.3 Å². The van der Waals surface area contributed by atoms with Gasteiger partial charge in [-0.05, 0) is 18.6 Å². The Kier molecular flexibility index (Phi) is 4.76. The summed E-state index contributed by atoms with van der Waals surface area (Å²) in [6.07, 6.45) is 2.30. The Balaban J connectivity index is 2.50. The molecule has 6 heteroatoms. The zero-order valence-electron chi connectivity index (χ0n) is 9.25. The molecule has 1 N–H and O–H groups in total. The van der Waals surface area contributed by atoms with Crippen molar-refractivity contribution in [3.05, 3.63) is 23.9 Å². The molecule has 0 aliphatic rings. The van der Waals surface area contributed by atoms with Crippen molar-refractivity contribution in [2.45, 2.75) is 18.1 Å². The average Bonchev–Trinajstić information content (AvgIpc) is 2.16. The van der Waals surface area contributed by atoms with Crippen LogP contribution >= 0.6 is 11.8 Å². The number of pyridine rings is 1. The predicted molar refractivity (Wildman–Crippen MR) is 65.3 cm³/mol. The first-order chi connectivity index (χ1) is 7.38. The van der Waals surface area contributed by atoms with Gasteiger partial charge in [-0.2, -0.15) is 0 Å². The van der Waals surface area contributed by atoms with E-state index in [0.29, 0.717) is 5.75 Å². The number of nitrogens with zero attached hydrogens (tertiary/aromatic N) is 1. The molecule has 0 fully saturated rings. The maximum absolute atomic E-state index is 10.9. The van der Waals surface area contributed by atoms with E-state index >= 15 is 0 Å². The Morgan fingerprint density at radius 2 is 2.19 bits per heavy atom. The second-order valence-electron chi connectivity index (χ2n) is 3.58. The van der Waals surface area contributed by atoms with Crippen LogP contribution in [0.5, 0.6) is 0 Å². The van der Waals surface area contributed by atoms with Crippen LogP contribution in [0.1, 0.15) is 18.6 Å². The molecule has 0 aliphatic heterocycles. The molecule has 1 heterocycles. The predicted octanol–water partition coefficient (Wildman–Crippen LogP) is 1.27. The minimum atomic E-state index is -2.90. The Morgan fingerprint density at radius 1 is 1.50 bits per heavy atom. The van der Waals surface area contributed by atoms with E-state index in [9.17, 15) is 13.5 Å². The van der Waals surface area contributed by atoms with E-state index in [1.165, 1.54) is 18.0 Å². The highest BCUT2D eigenvalue weighted by molar-refractivity contribution is 8.00. The zero-order valence-corrected chi connectivity index (χ0v) is 10.9. The Morgan fingerprint density at radius 3 is 2.62 bits per heavy atom. The van der Waals surface area contributed by atoms with E-state index < -0.39 is 15.9 Å². The van der Waals surface area contributed by atoms with Crippen molar-refractivity contribution in [1.82, 2.24) is 4.98 Å². The molecular weight excluding hydrogens is 246 g/mol. The molecule has 4 nitrogen and oxygen atoms in total. The van der Waals surface area contributed by atoms with Crippen molar-refractivity contribution >= 4 is 21.6 Å². The second kappa shape index (κ2) is 5.65. The molecule has 0 saturated heterocycles. The Hall–Kier alpha value is -0.590. The first kappa shape index (κ1) is 13.5. The fourth-order valence-electron chi connectivity index (χ4n) is 1.02. The van der Waals surface area contributed by atoms with Crippen LogP contribution in [0.15, 0.2) is 23.4 Å². The molecule has 0 bridgehead atoms. The van der Waals surface area contributed by atoms with Gasteiger partial charge in [0.2, 0.25) is 0 Å². The summed E-state index contributed by atoms with van der Waals surface area (Å²) >= 11 is 1.40.